The van der Waals surface area contributed by atoms with Crippen molar-refractivity contribution in [3.05, 3.63) is 59.5 Å². The SMILES string of the molecule is COCc1cccc(C(=O)N(Cc2ccco2)C2CC2)c1. The van der Waals surface area contributed by atoms with Crippen LogP contribution in [0.2, 0.25) is 0 Å². The molecular weight excluding hydrogens is 266 g/mol. The van der Waals surface area contributed by atoms with Gasteiger partial charge in [-0.2, -0.15) is 0 Å². The molecule has 1 fully saturated rings. The standard InChI is InChI=1S/C17H19NO3/c1-20-12-13-4-2-5-14(10-13)17(19)18(15-7-8-15)11-16-6-3-9-21-16/h2-6,9-10,15H,7-8,11-12H2,1H3. The maximum absolute atomic E-state index is 12.8. The average molecular weight is 285 g/mol. The van der Waals surface area contributed by atoms with E-state index >= 15 is 0 Å². The molecule has 4 nitrogen and oxygen atoms in total. The van der Waals surface area contributed by atoms with E-state index in [4.69, 9.17) is 9.15 Å². The van der Waals surface area contributed by atoms with E-state index in [0.717, 1.165) is 24.2 Å². The van der Waals surface area contributed by atoms with E-state index in [0.29, 0.717) is 24.8 Å². The molecule has 21 heavy (non-hydrogen) atoms. The smallest absolute Gasteiger partial charge is 0.254 e. The molecule has 0 atom stereocenters. The van der Waals surface area contributed by atoms with Crippen molar-refractivity contribution in [3.8, 4) is 0 Å². The van der Waals surface area contributed by atoms with Gasteiger partial charge in [-0.1, -0.05) is 12.1 Å². The van der Waals surface area contributed by atoms with E-state index in [1.54, 1.807) is 13.4 Å². The van der Waals surface area contributed by atoms with E-state index in [2.05, 4.69) is 0 Å². The third-order valence-corrected chi connectivity index (χ3v) is 3.64. The van der Waals surface area contributed by atoms with Crippen molar-refractivity contribution < 1.29 is 13.9 Å². The summed E-state index contributed by atoms with van der Waals surface area (Å²) in [5.74, 6) is 0.884. The lowest BCUT2D eigenvalue weighted by atomic mass is 10.1. The Bertz CT molecular complexity index is 602. The Morgan fingerprint density at radius 3 is 2.86 bits per heavy atom. The number of furan rings is 1. The molecule has 0 spiro atoms. The molecule has 110 valence electrons. The molecule has 2 aromatic rings. The summed E-state index contributed by atoms with van der Waals surface area (Å²) in [4.78, 5) is 14.7. The zero-order valence-corrected chi connectivity index (χ0v) is 12.1. The van der Waals surface area contributed by atoms with Crippen molar-refractivity contribution in [3.63, 3.8) is 0 Å². The summed E-state index contributed by atoms with van der Waals surface area (Å²) in [6.45, 7) is 1.05. The molecular formula is C17H19NO3. The first kappa shape index (κ1) is 13.9. The average Bonchev–Trinajstić information content (AvgIpc) is 3.21. The quantitative estimate of drug-likeness (QED) is 0.818. The minimum atomic E-state index is 0.0619. The maximum atomic E-state index is 12.8. The lowest BCUT2D eigenvalue weighted by Gasteiger charge is -2.21. The van der Waals surface area contributed by atoms with Gasteiger partial charge in [-0.15, -0.1) is 0 Å². The minimum Gasteiger partial charge on any atom is -0.467 e. The fourth-order valence-corrected chi connectivity index (χ4v) is 2.45. The molecule has 0 N–H and O–H groups in total. The Morgan fingerprint density at radius 2 is 2.19 bits per heavy atom. The van der Waals surface area contributed by atoms with Crippen LogP contribution in [0.1, 0.15) is 34.5 Å². The van der Waals surface area contributed by atoms with Crippen LogP contribution in [0.15, 0.2) is 47.1 Å². The van der Waals surface area contributed by atoms with Gasteiger partial charge in [0.1, 0.15) is 5.76 Å². The highest BCUT2D eigenvalue weighted by Crippen LogP contribution is 2.30. The van der Waals surface area contributed by atoms with Crippen LogP contribution in [0.4, 0.5) is 0 Å². The first-order valence-electron chi connectivity index (χ1n) is 7.19. The van der Waals surface area contributed by atoms with Crippen molar-refractivity contribution in [2.24, 2.45) is 0 Å². The number of benzene rings is 1. The second kappa shape index (κ2) is 6.14. The van der Waals surface area contributed by atoms with E-state index in [9.17, 15) is 4.79 Å². The fourth-order valence-electron chi connectivity index (χ4n) is 2.45. The molecule has 4 heteroatoms. The predicted molar refractivity (Wildman–Crippen MR) is 78.8 cm³/mol. The van der Waals surface area contributed by atoms with E-state index in [1.165, 1.54) is 0 Å². The van der Waals surface area contributed by atoms with Crippen molar-refractivity contribution in [2.75, 3.05) is 7.11 Å². The highest BCUT2D eigenvalue weighted by atomic mass is 16.5. The summed E-state index contributed by atoms with van der Waals surface area (Å²) in [7, 11) is 1.65. The van der Waals surface area contributed by atoms with Crippen LogP contribution in [0.25, 0.3) is 0 Å². The third kappa shape index (κ3) is 3.34. The molecule has 1 saturated carbocycles. The van der Waals surface area contributed by atoms with Crippen LogP contribution in [0.5, 0.6) is 0 Å². The van der Waals surface area contributed by atoms with Crippen molar-refractivity contribution in [1.29, 1.82) is 0 Å². The Labute approximate surface area is 124 Å². The molecule has 3 rings (SSSR count). The van der Waals surface area contributed by atoms with Gasteiger partial charge in [0.15, 0.2) is 0 Å². The lowest BCUT2D eigenvalue weighted by molar-refractivity contribution is 0.0717. The largest absolute Gasteiger partial charge is 0.467 e. The number of ether oxygens (including phenoxy) is 1. The predicted octanol–water partition coefficient (Wildman–Crippen LogP) is 3.23. The van der Waals surface area contributed by atoms with Gasteiger partial charge in [0.05, 0.1) is 19.4 Å². The molecule has 1 aromatic carbocycles. The van der Waals surface area contributed by atoms with Crippen molar-refractivity contribution in [1.82, 2.24) is 4.90 Å². The monoisotopic (exact) mass is 285 g/mol. The first-order valence-corrected chi connectivity index (χ1v) is 7.19. The van der Waals surface area contributed by atoms with Crippen molar-refractivity contribution in [2.45, 2.75) is 32.0 Å². The van der Waals surface area contributed by atoms with Gasteiger partial charge in [-0.3, -0.25) is 4.79 Å². The maximum Gasteiger partial charge on any atom is 0.254 e. The normalized spacial score (nSPS) is 14.1. The molecule has 1 aliphatic carbocycles. The second-order valence-electron chi connectivity index (χ2n) is 5.38. The number of nitrogens with zero attached hydrogens (tertiary/aromatic N) is 1. The third-order valence-electron chi connectivity index (χ3n) is 3.64. The molecule has 0 bridgehead atoms. The number of hydrogen-bond acceptors (Lipinski definition) is 3. The highest BCUT2D eigenvalue weighted by molar-refractivity contribution is 5.94. The van der Waals surface area contributed by atoms with Crippen LogP contribution in [0, 0.1) is 0 Å². The Morgan fingerprint density at radius 1 is 1.33 bits per heavy atom. The highest BCUT2D eigenvalue weighted by Gasteiger charge is 2.33. The van der Waals surface area contributed by atoms with Crippen LogP contribution in [-0.4, -0.2) is 24.0 Å². The fraction of sp³-hybridized carbons (Fsp3) is 0.353. The van der Waals surface area contributed by atoms with E-state index in [1.807, 2.05) is 41.3 Å². The lowest BCUT2D eigenvalue weighted by Crippen LogP contribution is -2.32. The summed E-state index contributed by atoms with van der Waals surface area (Å²) in [5, 5.41) is 0. The zero-order valence-electron chi connectivity index (χ0n) is 12.1. The topological polar surface area (TPSA) is 42.7 Å². The molecule has 1 amide bonds. The molecule has 0 saturated heterocycles. The van der Waals surface area contributed by atoms with Gasteiger partial charge < -0.3 is 14.1 Å². The number of rotatable bonds is 6. The van der Waals surface area contributed by atoms with Gasteiger partial charge in [-0.25, -0.2) is 0 Å². The molecule has 0 radical (unpaired) electrons. The summed E-state index contributed by atoms with van der Waals surface area (Å²) in [6, 6.07) is 11.7. The first-order chi connectivity index (χ1) is 10.3. The molecule has 1 aromatic heterocycles. The number of carbonyl (C=O) groups excluding carboxylic acids is 1. The van der Waals surface area contributed by atoms with E-state index < -0.39 is 0 Å². The van der Waals surface area contributed by atoms with Gasteiger partial charge in [0.2, 0.25) is 0 Å². The summed E-state index contributed by atoms with van der Waals surface area (Å²) < 4.78 is 10.5. The van der Waals surface area contributed by atoms with Gasteiger partial charge in [0.25, 0.3) is 5.91 Å². The van der Waals surface area contributed by atoms with Crippen molar-refractivity contribution >= 4 is 5.91 Å². The summed E-state index contributed by atoms with van der Waals surface area (Å²) in [5.41, 5.74) is 1.72. The van der Waals surface area contributed by atoms with E-state index in [-0.39, 0.29) is 5.91 Å². The van der Waals surface area contributed by atoms with Gasteiger partial charge >= 0.3 is 0 Å². The van der Waals surface area contributed by atoms with Crippen LogP contribution >= 0.6 is 0 Å². The number of carbonyl (C=O) groups is 1. The van der Waals surface area contributed by atoms with Crippen LogP contribution in [-0.2, 0) is 17.9 Å². The molecule has 1 aliphatic rings. The van der Waals surface area contributed by atoms with Crippen LogP contribution < -0.4 is 0 Å². The number of methoxy groups -OCH3 is 1. The van der Waals surface area contributed by atoms with Gasteiger partial charge in [0, 0.05) is 18.7 Å². The minimum absolute atomic E-state index is 0.0619. The number of amides is 1. The zero-order chi connectivity index (χ0) is 14.7. The second-order valence-corrected chi connectivity index (χ2v) is 5.38. The summed E-state index contributed by atoms with van der Waals surface area (Å²) in [6.07, 6.45) is 3.79. The Hall–Kier alpha value is -2.07. The number of hydrogen-bond donors (Lipinski definition) is 0. The van der Waals surface area contributed by atoms with Gasteiger partial charge in [-0.05, 0) is 42.7 Å². The molecule has 0 aliphatic heterocycles. The molecule has 0 unspecified atom stereocenters. The molecule has 1 heterocycles. The Balaban J connectivity index is 1.79. The van der Waals surface area contributed by atoms with Crippen LogP contribution in [0.3, 0.4) is 0 Å². The Kier molecular flexibility index (Phi) is 4.06. The summed E-state index contributed by atoms with van der Waals surface area (Å²) >= 11 is 0.